The number of H-pyrrole nitrogens is 1. The van der Waals surface area contributed by atoms with Crippen LogP contribution in [0.5, 0.6) is 0 Å². The summed E-state index contributed by atoms with van der Waals surface area (Å²) in [6, 6.07) is 12.2. The maximum absolute atomic E-state index is 13.2. The summed E-state index contributed by atoms with van der Waals surface area (Å²) < 4.78 is 0. The minimum Gasteiger partial charge on any atom is -0.371 e. The fourth-order valence-electron chi connectivity index (χ4n) is 3.89. The molecule has 1 aromatic carbocycles. The summed E-state index contributed by atoms with van der Waals surface area (Å²) >= 11 is 0. The molecule has 0 spiro atoms. The molecule has 2 aromatic rings. The number of hydrogen-bond donors (Lipinski definition) is 2. The molecule has 0 radical (unpaired) electrons. The molecule has 6 heteroatoms. The lowest BCUT2D eigenvalue weighted by Gasteiger charge is -2.46. The summed E-state index contributed by atoms with van der Waals surface area (Å²) in [5.74, 6) is 0.267. The van der Waals surface area contributed by atoms with E-state index < -0.39 is 5.54 Å². The van der Waals surface area contributed by atoms with Gasteiger partial charge in [-0.05, 0) is 44.4 Å². The van der Waals surface area contributed by atoms with E-state index >= 15 is 0 Å². The smallest absolute Gasteiger partial charge is 0.248 e. The normalized spacial score (nSPS) is 19.8. The summed E-state index contributed by atoms with van der Waals surface area (Å²) in [6.45, 7) is 6.44. The summed E-state index contributed by atoms with van der Waals surface area (Å²) in [7, 11) is 0. The van der Waals surface area contributed by atoms with Gasteiger partial charge in [0.25, 0.3) is 0 Å². The first-order chi connectivity index (χ1) is 12.6. The number of aromatic nitrogens is 2. The van der Waals surface area contributed by atoms with Crippen molar-refractivity contribution in [3.8, 4) is 0 Å². The second-order valence-electron chi connectivity index (χ2n) is 7.54. The van der Waals surface area contributed by atoms with Gasteiger partial charge in [-0.1, -0.05) is 18.2 Å². The highest BCUT2D eigenvalue weighted by molar-refractivity contribution is 5.90. The highest BCUT2D eigenvalue weighted by Crippen LogP contribution is 2.31. The third-order valence-electron chi connectivity index (χ3n) is 5.56. The molecule has 0 aliphatic carbocycles. The Kier molecular flexibility index (Phi) is 4.68. The van der Waals surface area contributed by atoms with E-state index in [1.807, 2.05) is 42.2 Å². The number of para-hydroxylation sites is 1. The quantitative estimate of drug-likeness (QED) is 0.866. The van der Waals surface area contributed by atoms with Crippen LogP contribution in [0.2, 0.25) is 0 Å². The third kappa shape index (κ3) is 3.46. The Morgan fingerprint density at radius 1 is 1.19 bits per heavy atom. The lowest BCUT2D eigenvalue weighted by Crippen LogP contribution is -2.61. The molecule has 26 heavy (non-hydrogen) atoms. The van der Waals surface area contributed by atoms with Crippen molar-refractivity contribution < 1.29 is 4.79 Å². The predicted molar refractivity (Wildman–Crippen MR) is 102 cm³/mol. The maximum Gasteiger partial charge on any atom is 0.248 e. The number of carbonyl (C=O) groups excluding carboxylic acids is 1. The zero-order chi connectivity index (χ0) is 18.0. The fourth-order valence-corrected chi connectivity index (χ4v) is 3.89. The Morgan fingerprint density at radius 3 is 2.50 bits per heavy atom. The molecule has 6 nitrogen and oxygen atoms in total. The molecule has 1 amide bonds. The largest absolute Gasteiger partial charge is 0.371 e. The number of carbonyl (C=O) groups is 1. The van der Waals surface area contributed by atoms with Crippen LogP contribution in [-0.2, 0) is 11.3 Å². The standard InChI is InChI=1S/C20H27N5O/c1-16-14-18(23-22-16)15-24-12-8-20(9-13-24,19(26)25-10-5-11-25)21-17-6-3-2-4-7-17/h2-4,6-7,14,21H,5,8-13,15H2,1H3,(H,22,23). The van der Waals surface area contributed by atoms with Gasteiger partial charge in [-0.25, -0.2) is 0 Å². The summed E-state index contributed by atoms with van der Waals surface area (Å²) in [5.41, 5.74) is 2.70. The highest BCUT2D eigenvalue weighted by atomic mass is 16.2. The molecule has 2 N–H and O–H groups in total. The molecule has 0 bridgehead atoms. The topological polar surface area (TPSA) is 64.3 Å². The van der Waals surface area contributed by atoms with Crippen LogP contribution in [0.4, 0.5) is 5.69 Å². The van der Waals surface area contributed by atoms with Gasteiger partial charge in [0.2, 0.25) is 5.91 Å². The third-order valence-corrected chi connectivity index (χ3v) is 5.56. The lowest BCUT2D eigenvalue weighted by molar-refractivity contribution is -0.141. The summed E-state index contributed by atoms with van der Waals surface area (Å²) in [6.07, 6.45) is 2.76. The molecule has 2 aliphatic heterocycles. The van der Waals surface area contributed by atoms with Crippen molar-refractivity contribution in [3.05, 3.63) is 47.8 Å². The first kappa shape index (κ1) is 17.1. The van der Waals surface area contributed by atoms with E-state index in [0.717, 1.165) is 69.1 Å². The molecule has 3 heterocycles. The highest BCUT2D eigenvalue weighted by Gasteiger charge is 2.44. The molecule has 0 atom stereocenters. The van der Waals surface area contributed by atoms with Gasteiger partial charge < -0.3 is 10.2 Å². The number of piperidine rings is 1. The molecular formula is C20H27N5O. The molecule has 138 valence electrons. The van der Waals surface area contributed by atoms with Crippen molar-refractivity contribution in [2.75, 3.05) is 31.5 Å². The first-order valence-electron chi connectivity index (χ1n) is 9.50. The van der Waals surface area contributed by atoms with E-state index in [-0.39, 0.29) is 5.91 Å². The van der Waals surface area contributed by atoms with Crippen LogP contribution < -0.4 is 5.32 Å². The Hall–Kier alpha value is -2.34. The number of rotatable bonds is 5. The van der Waals surface area contributed by atoms with Crippen LogP contribution in [0, 0.1) is 6.92 Å². The number of aromatic amines is 1. The molecule has 0 unspecified atom stereocenters. The molecule has 4 rings (SSSR count). The van der Waals surface area contributed by atoms with Gasteiger partial charge in [-0.15, -0.1) is 0 Å². The van der Waals surface area contributed by atoms with Gasteiger partial charge in [0.05, 0.1) is 5.69 Å². The number of nitrogens with one attached hydrogen (secondary N) is 2. The van der Waals surface area contributed by atoms with Gasteiger partial charge in [0.1, 0.15) is 5.54 Å². The monoisotopic (exact) mass is 353 g/mol. The van der Waals surface area contributed by atoms with E-state index in [1.165, 1.54) is 0 Å². The maximum atomic E-state index is 13.2. The van der Waals surface area contributed by atoms with Gasteiger partial charge in [0.15, 0.2) is 0 Å². The summed E-state index contributed by atoms with van der Waals surface area (Å²) in [4.78, 5) is 17.6. The first-order valence-corrected chi connectivity index (χ1v) is 9.50. The molecule has 0 saturated carbocycles. The minimum atomic E-state index is -0.486. The Balaban J connectivity index is 1.47. The number of likely N-dealkylation sites (tertiary alicyclic amines) is 2. The van der Waals surface area contributed by atoms with Crippen LogP contribution in [0.15, 0.2) is 36.4 Å². The second-order valence-corrected chi connectivity index (χ2v) is 7.54. The van der Waals surface area contributed by atoms with Crippen LogP contribution in [0.1, 0.15) is 30.7 Å². The average Bonchev–Trinajstić information content (AvgIpc) is 3.01. The van der Waals surface area contributed by atoms with Crippen molar-refractivity contribution in [2.45, 2.75) is 38.3 Å². The van der Waals surface area contributed by atoms with Gasteiger partial charge in [-0.2, -0.15) is 5.10 Å². The van der Waals surface area contributed by atoms with Crippen LogP contribution >= 0.6 is 0 Å². The van der Waals surface area contributed by atoms with Crippen molar-refractivity contribution in [1.82, 2.24) is 20.0 Å². The van der Waals surface area contributed by atoms with Crippen LogP contribution in [-0.4, -0.2) is 57.6 Å². The molecule has 2 aliphatic rings. The van der Waals surface area contributed by atoms with Crippen molar-refractivity contribution in [2.24, 2.45) is 0 Å². The van der Waals surface area contributed by atoms with Crippen LogP contribution in [0.25, 0.3) is 0 Å². The van der Waals surface area contributed by atoms with Gasteiger partial charge in [-0.3, -0.25) is 14.8 Å². The van der Waals surface area contributed by atoms with E-state index in [2.05, 4.69) is 26.5 Å². The average molecular weight is 353 g/mol. The number of amides is 1. The van der Waals surface area contributed by atoms with E-state index in [1.54, 1.807) is 0 Å². The van der Waals surface area contributed by atoms with Crippen molar-refractivity contribution >= 4 is 11.6 Å². The predicted octanol–water partition coefficient (Wildman–Crippen LogP) is 2.40. The number of hydrogen-bond acceptors (Lipinski definition) is 4. The summed E-state index contributed by atoms with van der Waals surface area (Å²) in [5, 5.41) is 10.9. The Bertz CT molecular complexity index is 745. The SMILES string of the molecule is Cc1cc(CN2CCC(Nc3ccccc3)(C(=O)N3CCC3)CC2)n[nH]1. The van der Waals surface area contributed by atoms with E-state index in [0.29, 0.717) is 0 Å². The van der Waals surface area contributed by atoms with Gasteiger partial charge >= 0.3 is 0 Å². The second kappa shape index (κ2) is 7.11. The minimum absolute atomic E-state index is 0.267. The number of anilines is 1. The number of benzene rings is 1. The molecule has 2 fully saturated rings. The molecule has 1 aromatic heterocycles. The number of nitrogens with zero attached hydrogens (tertiary/aromatic N) is 3. The lowest BCUT2D eigenvalue weighted by atomic mass is 9.84. The van der Waals surface area contributed by atoms with E-state index in [4.69, 9.17) is 0 Å². The zero-order valence-electron chi connectivity index (χ0n) is 15.4. The van der Waals surface area contributed by atoms with Gasteiger partial charge in [0, 0.05) is 44.1 Å². The zero-order valence-corrected chi connectivity index (χ0v) is 15.4. The Labute approximate surface area is 154 Å². The van der Waals surface area contributed by atoms with Crippen LogP contribution in [0.3, 0.4) is 0 Å². The number of aryl methyl sites for hydroxylation is 1. The van der Waals surface area contributed by atoms with Crippen molar-refractivity contribution in [3.63, 3.8) is 0 Å². The van der Waals surface area contributed by atoms with Crippen molar-refractivity contribution in [1.29, 1.82) is 0 Å². The Morgan fingerprint density at radius 2 is 1.92 bits per heavy atom. The van der Waals surface area contributed by atoms with E-state index in [9.17, 15) is 4.79 Å². The fraction of sp³-hybridized carbons (Fsp3) is 0.500. The molecule has 2 saturated heterocycles. The molecular weight excluding hydrogens is 326 g/mol.